The molecule has 0 bridgehead atoms. The lowest BCUT2D eigenvalue weighted by Crippen LogP contribution is -2.36. The first-order chi connectivity index (χ1) is 11.1. The smallest absolute Gasteiger partial charge is 0.223 e. The van der Waals surface area contributed by atoms with E-state index in [-0.39, 0.29) is 17.6 Å². The van der Waals surface area contributed by atoms with Crippen molar-refractivity contribution in [2.45, 2.75) is 25.7 Å². The number of carbonyl (C=O) groups is 1. The zero-order valence-corrected chi connectivity index (χ0v) is 14.1. The number of hydrogen-bond acceptors (Lipinski definition) is 3. The van der Waals surface area contributed by atoms with Crippen LogP contribution in [-0.2, 0) is 9.53 Å². The number of amides is 1. The maximum absolute atomic E-state index is 13.8. The average molecular weight is 322 g/mol. The van der Waals surface area contributed by atoms with Gasteiger partial charge in [-0.25, -0.2) is 4.39 Å². The first-order valence-electron chi connectivity index (χ1n) is 8.35. The molecule has 0 unspecified atom stereocenters. The van der Waals surface area contributed by atoms with Gasteiger partial charge in [0, 0.05) is 39.7 Å². The van der Waals surface area contributed by atoms with Crippen molar-refractivity contribution in [1.82, 2.24) is 9.80 Å². The first-order valence-corrected chi connectivity index (χ1v) is 8.35. The Morgan fingerprint density at radius 1 is 1.26 bits per heavy atom. The number of rotatable bonds is 6. The normalized spacial score (nSPS) is 17.8. The van der Waals surface area contributed by atoms with E-state index in [1.807, 2.05) is 17.9 Å². The molecule has 1 aromatic carbocycles. The van der Waals surface area contributed by atoms with Gasteiger partial charge in [-0.05, 0) is 30.5 Å². The standard InChI is InChI=1S/C18H27FN2O2/c1-15(16-6-3-4-7-17(16)19)14-18(22)21-9-5-8-20(10-11-21)12-13-23-2/h3-4,6-7,15H,5,8-14H2,1-2H3/t15-/m0/s1. The molecular weight excluding hydrogens is 295 g/mol. The zero-order valence-electron chi connectivity index (χ0n) is 14.1. The summed E-state index contributed by atoms with van der Waals surface area (Å²) >= 11 is 0. The maximum atomic E-state index is 13.8. The number of carbonyl (C=O) groups excluding carboxylic acids is 1. The van der Waals surface area contributed by atoms with Crippen LogP contribution in [0.1, 0.15) is 31.2 Å². The van der Waals surface area contributed by atoms with Gasteiger partial charge in [0.25, 0.3) is 0 Å². The number of ether oxygens (including phenoxy) is 1. The van der Waals surface area contributed by atoms with E-state index in [9.17, 15) is 9.18 Å². The van der Waals surface area contributed by atoms with Gasteiger partial charge in [-0.3, -0.25) is 9.69 Å². The number of halogens is 1. The van der Waals surface area contributed by atoms with E-state index < -0.39 is 0 Å². The van der Waals surface area contributed by atoms with Crippen molar-refractivity contribution in [3.8, 4) is 0 Å². The highest BCUT2D eigenvalue weighted by Crippen LogP contribution is 2.23. The zero-order chi connectivity index (χ0) is 16.7. The first kappa shape index (κ1) is 17.9. The van der Waals surface area contributed by atoms with Crippen LogP contribution >= 0.6 is 0 Å². The van der Waals surface area contributed by atoms with Crippen LogP contribution in [0.15, 0.2) is 24.3 Å². The van der Waals surface area contributed by atoms with E-state index in [4.69, 9.17) is 4.74 Å². The van der Waals surface area contributed by atoms with Crippen molar-refractivity contribution in [2.24, 2.45) is 0 Å². The minimum Gasteiger partial charge on any atom is -0.383 e. The predicted molar refractivity (Wildman–Crippen MR) is 88.9 cm³/mol. The fraction of sp³-hybridized carbons (Fsp3) is 0.611. The molecular formula is C18H27FN2O2. The molecule has 5 heteroatoms. The van der Waals surface area contributed by atoms with Crippen molar-refractivity contribution >= 4 is 5.91 Å². The molecule has 1 aliphatic heterocycles. The molecule has 1 aromatic rings. The van der Waals surface area contributed by atoms with Crippen LogP contribution in [-0.4, -0.2) is 62.1 Å². The highest BCUT2D eigenvalue weighted by Gasteiger charge is 2.22. The summed E-state index contributed by atoms with van der Waals surface area (Å²) in [6.45, 7) is 6.94. The summed E-state index contributed by atoms with van der Waals surface area (Å²) < 4.78 is 18.9. The van der Waals surface area contributed by atoms with Gasteiger partial charge in [0.15, 0.2) is 0 Å². The predicted octanol–water partition coefficient (Wildman–Crippen LogP) is 2.50. The minimum atomic E-state index is -0.227. The van der Waals surface area contributed by atoms with E-state index >= 15 is 0 Å². The van der Waals surface area contributed by atoms with Crippen LogP contribution in [0.2, 0.25) is 0 Å². The minimum absolute atomic E-state index is 0.100. The molecule has 1 fully saturated rings. The average Bonchev–Trinajstić information content (AvgIpc) is 2.78. The lowest BCUT2D eigenvalue weighted by atomic mass is 9.96. The molecule has 128 valence electrons. The third-order valence-electron chi connectivity index (χ3n) is 4.47. The fourth-order valence-corrected chi connectivity index (χ4v) is 3.04. The maximum Gasteiger partial charge on any atom is 0.223 e. The summed E-state index contributed by atoms with van der Waals surface area (Å²) in [7, 11) is 1.71. The number of hydrogen-bond donors (Lipinski definition) is 0. The van der Waals surface area contributed by atoms with Gasteiger partial charge in [0.1, 0.15) is 5.82 Å². The molecule has 0 aromatic heterocycles. The molecule has 1 heterocycles. The number of benzene rings is 1. The molecule has 23 heavy (non-hydrogen) atoms. The summed E-state index contributed by atoms with van der Waals surface area (Å²) in [4.78, 5) is 16.8. The highest BCUT2D eigenvalue weighted by atomic mass is 19.1. The van der Waals surface area contributed by atoms with Crippen LogP contribution in [0.5, 0.6) is 0 Å². The lowest BCUT2D eigenvalue weighted by molar-refractivity contribution is -0.131. The Bertz CT molecular complexity index is 510. The Morgan fingerprint density at radius 3 is 2.78 bits per heavy atom. The van der Waals surface area contributed by atoms with Gasteiger partial charge < -0.3 is 9.64 Å². The summed E-state index contributed by atoms with van der Waals surface area (Å²) in [5.41, 5.74) is 0.623. The van der Waals surface area contributed by atoms with Crippen molar-refractivity contribution in [2.75, 3.05) is 46.4 Å². The monoisotopic (exact) mass is 322 g/mol. The van der Waals surface area contributed by atoms with Gasteiger partial charge in [0.05, 0.1) is 6.61 Å². The molecule has 1 atom stereocenters. The van der Waals surface area contributed by atoms with Crippen LogP contribution in [0.3, 0.4) is 0 Å². The van der Waals surface area contributed by atoms with Gasteiger partial charge in [-0.2, -0.15) is 0 Å². The Balaban J connectivity index is 1.87. The van der Waals surface area contributed by atoms with Crippen molar-refractivity contribution in [1.29, 1.82) is 0 Å². The largest absolute Gasteiger partial charge is 0.383 e. The van der Waals surface area contributed by atoms with Gasteiger partial charge in [0.2, 0.25) is 5.91 Å². The molecule has 2 rings (SSSR count). The lowest BCUT2D eigenvalue weighted by Gasteiger charge is -2.23. The molecule has 1 aliphatic rings. The fourth-order valence-electron chi connectivity index (χ4n) is 3.04. The third-order valence-corrected chi connectivity index (χ3v) is 4.47. The summed E-state index contributed by atoms with van der Waals surface area (Å²) in [5, 5.41) is 0. The summed E-state index contributed by atoms with van der Waals surface area (Å²) in [5.74, 6) is -0.208. The van der Waals surface area contributed by atoms with Crippen LogP contribution in [0.4, 0.5) is 4.39 Å². The van der Waals surface area contributed by atoms with E-state index in [1.54, 1.807) is 19.2 Å². The second-order valence-corrected chi connectivity index (χ2v) is 6.20. The van der Waals surface area contributed by atoms with E-state index in [0.29, 0.717) is 12.0 Å². The molecule has 0 aliphatic carbocycles. The Kier molecular flexibility index (Phi) is 6.99. The summed E-state index contributed by atoms with van der Waals surface area (Å²) in [6.07, 6.45) is 1.34. The summed E-state index contributed by atoms with van der Waals surface area (Å²) in [6, 6.07) is 6.72. The second-order valence-electron chi connectivity index (χ2n) is 6.20. The van der Waals surface area contributed by atoms with Gasteiger partial charge in [-0.15, -0.1) is 0 Å². The van der Waals surface area contributed by atoms with Crippen LogP contribution in [0, 0.1) is 5.82 Å². The second kappa shape index (κ2) is 8.99. The Labute approximate surface area is 138 Å². The SMILES string of the molecule is COCCN1CCCN(C(=O)C[C@H](C)c2ccccc2F)CC1. The highest BCUT2D eigenvalue weighted by molar-refractivity contribution is 5.77. The molecule has 0 saturated carbocycles. The Morgan fingerprint density at radius 2 is 2.04 bits per heavy atom. The van der Waals surface area contributed by atoms with Crippen LogP contribution < -0.4 is 0 Å². The van der Waals surface area contributed by atoms with Crippen molar-refractivity contribution < 1.29 is 13.9 Å². The van der Waals surface area contributed by atoms with E-state index in [0.717, 1.165) is 45.8 Å². The molecule has 1 saturated heterocycles. The Hall–Kier alpha value is -1.46. The molecule has 0 spiro atoms. The van der Waals surface area contributed by atoms with Crippen molar-refractivity contribution in [3.63, 3.8) is 0 Å². The third kappa shape index (κ3) is 5.29. The van der Waals surface area contributed by atoms with E-state index in [1.165, 1.54) is 6.07 Å². The van der Waals surface area contributed by atoms with Gasteiger partial charge in [-0.1, -0.05) is 25.1 Å². The van der Waals surface area contributed by atoms with Crippen molar-refractivity contribution in [3.05, 3.63) is 35.6 Å². The van der Waals surface area contributed by atoms with Crippen LogP contribution in [0.25, 0.3) is 0 Å². The quantitative estimate of drug-likeness (QED) is 0.807. The van der Waals surface area contributed by atoms with E-state index in [2.05, 4.69) is 4.90 Å². The topological polar surface area (TPSA) is 32.8 Å². The molecule has 1 amide bonds. The number of methoxy groups -OCH3 is 1. The molecule has 0 N–H and O–H groups in total. The van der Waals surface area contributed by atoms with Gasteiger partial charge >= 0.3 is 0 Å². The molecule has 4 nitrogen and oxygen atoms in total. The molecule has 0 radical (unpaired) electrons. The number of nitrogens with zero attached hydrogens (tertiary/aromatic N) is 2.